The molecule has 0 aliphatic carbocycles. The van der Waals surface area contributed by atoms with E-state index in [-0.39, 0.29) is 11.3 Å². The molecule has 0 amide bonds. The molecule has 0 spiro atoms. The molecule has 0 unspecified atom stereocenters. The van der Waals surface area contributed by atoms with Gasteiger partial charge in [0.05, 0.1) is 5.56 Å². The van der Waals surface area contributed by atoms with Gasteiger partial charge in [-0.05, 0) is 36.8 Å². The fourth-order valence-corrected chi connectivity index (χ4v) is 1.49. The Kier molecular flexibility index (Phi) is 3.55. The standard InChI is InChI=1S/C14H9F3O2/c1-8-2-4-10(12(16)6-8)14(18)19-9-3-5-11(15)13(17)7-9/h2-7H,1H3. The van der Waals surface area contributed by atoms with E-state index in [0.29, 0.717) is 5.56 Å². The molecule has 98 valence electrons. The number of hydrogen-bond donors (Lipinski definition) is 0. The molecule has 0 bridgehead atoms. The number of aryl methyl sites for hydroxylation is 1. The lowest BCUT2D eigenvalue weighted by Gasteiger charge is -2.06. The van der Waals surface area contributed by atoms with Crippen LogP contribution in [-0.2, 0) is 0 Å². The van der Waals surface area contributed by atoms with Gasteiger partial charge in [0.25, 0.3) is 0 Å². The Morgan fingerprint density at radius 1 is 0.947 bits per heavy atom. The van der Waals surface area contributed by atoms with Crippen LogP contribution in [0.5, 0.6) is 5.75 Å². The minimum Gasteiger partial charge on any atom is -0.423 e. The molecule has 2 aromatic rings. The lowest BCUT2D eigenvalue weighted by molar-refractivity contribution is 0.0729. The summed E-state index contributed by atoms with van der Waals surface area (Å²) >= 11 is 0. The second-order valence-corrected chi connectivity index (χ2v) is 3.95. The molecule has 0 atom stereocenters. The van der Waals surface area contributed by atoms with Gasteiger partial charge in [-0.1, -0.05) is 6.07 Å². The van der Waals surface area contributed by atoms with Crippen molar-refractivity contribution < 1.29 is 22.7 Å². The van der Waals surface area contributed by atoms with Crippen molar-refractivity contribution >= 4 is 5.97 Å². The van der Waals surface area contributed by atoms with E-state index < -0.39 is 23.4 Å². The summed E-state index contributed by atoms with van der Waals surface area (Å²) in [6.45, 7) is 1.67. The Bertz CT molecular complexity index is 639. The predicted molar refractivity (Wildman–Crippen MR) is 62.5 cm³/mol. The van der Waals surface area contributed by atoms with Gasteiger partial charge in [-0.15, -0.1) is 0 Å². The first kappa shape index (κ1) is 13.1. The average Bonchev–Trinajstić information content (AvgIpc) is 2.33. The largest absolute Gasteiger partial charge is 0.423 e. The fraction of sp³-hybridized carbons (Fsp3) is 0.0714. The SMILES string of the molecule is Cc1ccc(C(=O)Oc2ccc(F)c(F)c2)c(F)c1. The number of carbonyl (C=O) groups is 1. The number of hydrogen-bond acceptors (Lipinski definition) is 2. The zero-order valence-electron chi connectivity index (χ0n) is 9.91. The maximum absolute atomic E-state index is 13.5. The van der Waals surface area contributed by atoms with Crippen LogP contribution in [0.4, 0.5) is 13.2 Å². The van der Waals surface area contributed by atoms with Gasteiger partial charge >= 0.3 is 5.97 Å². The summed E-state index contributed by atoms with van der Waals surface area (Å²) < 4.78 is 43.9. The molecule has 0 saturated heterocycles. The van der Waals surface area contributed by atoms with Gasteiger partial charge in [0.2, 0.25) is 0 Å². The van der Waals surface area contributed by atoms with E-state index in [4.69, 9.17) is 4.74 Å². The Morgan fingerprint density at radius 2 is 1.68 bits per heavy atom. The van der Waals surface area contributed by atoms with E-state index in [1.807, 2.05) is 0 Å². The molecule has 2 nitrogen and oxygen atoms in total. The highest BCUT2D eigenvalue weighted by Gasteiger charge is 2.15. The lowest BCUT2D eigenvalue weighted by Crippen LogP contribution is -2.11. The predicted octanol–water partition coefficient (Wildman–Crippen LogP) is 3.63. The van der Waals surface area contributed by atoms with Gasteiger partial charge in [0, 0.05) is 6.07 Å². The van der Waals surface area contributed by atoms with Crippen molar-refractivity contribution in [1.82, 2.24) is 0 Å². The third-order valence-electron chi connectivity index (χ3n) is 2.45. The van der Waals surface area contributed by atoms with Crippen molar-refractivity contribution in [1.29, 1.82) is 0 Å². The smallest absolute Gasteiger partial charge is 0.346 e. The first-order valence-corrected chi connectivity index (χ1v) is 5.41. The summed E-state index contributed by atoms with van der Waals surface area (Å²) in [4.78, 5) is 11.7. The molecule has 0 aromatic heterocycles. The van der Waals surface area contributed by atoms with Crippen LogP contribution in [0.1, 0.15) is 15.9 Å². The molecule has 0 aliphatic heterocycles. The molecule has 2 rings (SSSR count). The highest BCUT2D eigenvalue weighted by molar-refractivity contribution is 5.91. The first-order chi connectivity index (χ1) is 8.97. The third-order valence-corrected chi connectivity index (χ3v) is 2.45. The third kappa shape index (κ3) is 2.93. The number of halogens is 3. The molecule has 0 radical (unpaired) electrons. The average molecular weight is 266 g/mol. The Balaban J connectivity index is 2.23. The van der Waals surface area contributed by atoms with Crippen molar-refractivity contribution in [2.24, 2.45) is 0 Å². The van der Waals surface area contributed by atoms with Crippen LogP contribution < -0.4 is 4.74 Å². The number of carbonyl (C=O) groups excluding carboxylic acids is 1. The van der Waals surface area contributed by atoms with E-state index in [0.717, 1.165) is 18.2 Å². The molecular formula is C14H9F3O2. The summed E-state index contributed by atoms with van der Waals surface area (Å²) in [6.07, 6.45) is 0. The van der Waals surface area contributed by atoms with Crippen molar-refractivity contribution in [2.45, 2.75) is 6.92 Å². The molecule has 0 N–H and O–H groups in total. The maximum atomic E-state index is 13.5. The second-order valence-electron chi connectivity index (χ2n) is 3.95. The van der Waals surface area contributed by atoms with Crippen molar-refractivity contribution in [3.63, 3.8) is 0 Å². The summed E-state index contributed by atoms with van der Waals surface area (Å²) in [6, 6.07) is 6.63. The quantitative estimate of drug-likeness (QED) is 0.613. The number of esters is 1. The lowest BCUT2D eigenvalue weighted by atomic mass is 10.1. The van der Waals surface area contributed by atoms with Gasteiger partial charge in [-0.3, -0.25) is 0 Å². The van der Waals surface area contributed by atoms with E-state index in [1.54, 1.807) is 13.0 Å². The fourth-order valence-electron chi connectivity index (χ4n) is 1.49. The monoisotopic (exact) mass is 266 g/mol. The van der Waals surface area contributed by atoms with E-state index in [1.165, 1.54) is 12.1 Å². The van der Waals surface area contributed by atoms with Crippen LogP contribution in [0, 0.1) is 24.4 Å². The van der Waals surface area contributed by atoms with Crippen LogP contribution in [0.3, 0.4) is 0 Å². The molecule has 19 heavy (non-hydrogen) atoms. The van der Waals surface area contributed by atoms with Crippen LogP contribution in [0.2, 0.25) is 0 Å². The highest BCUT2D eigenvalue weighted by atomic mass is 19.2. The van der Waals surface area contributed by atoms with Crippen molar-refractivity contribution in [2.75, 3.05) is 0 Å². The summed E-state index contributed by atoms with van der Waals surface area (Å²) in [7, 11) is 0. The van der Waals surface area contributed by atoms with Crippen LogP contribution in [0.25, 0.3) is 0 Å². The normalized spacial score (nSPS) is 10.3. The number of ether oxygens (including phenoxy) is 1. The molecule has 5 heteroatoms. The Labute approximate surface area is 107 Å². The van der Waals surface area contributed by atoms with E-state index in [9.17, 15) is 18.0 Å². The van der Waals surface area contributed by atoms with Gasteiger partial charge in [-0.25, -0.2) is 18.0 Å². The van der Waals surface area contributed by atoms with Crippen LogP contribution in [-0.4, -0.2) is 5.97 Å². The van der Waals surface area contributed by atoms with Crippen molar-refractivity contribution in [3.05, 3.63) is 65.0 Å². The molecule has 0 aliphatic rings. The number of benzene rings is 2. The topological polar surface area (TPSA) is 26.3 Å². The summed E-state index contributed by atoms with van der Waals surface area (Å²) in [5.41, 5.74) is 0.386. The van der Waals surface area contributed by atoms with E-state index in [2.05, 4.69) is 0 Å². The summed E-state index contributed by atoms with van der Waals surface area (Å²) in [5, 5.41) is 0. The van der Waals surface area contributed by atoms with Crippen molar-refractivity contribution in [3.8, 4) is 5.75 Å². The molecule has 0 heterocycles. The molecule has 0 saturated carbocycles. The Hall–Kier alpha value is -2.30. The molecule has 2 aromatic carbocycles. The van der Waals surface area contributed by atoms with Crippen LogP contribution in [0.15, 0.2) is 36.4 Å². The molecule has 0 fully saturated rings. The summed E-state index contributed by atoms with van der Waals surface area (Å²) in [5.74, 6) is -4.09. The highest BCUT2D eigenvalue weighted by Crippen LogP contribution is 2.18. The van der Waals surface area contributed by atoms with Gasteiger partial charge < -0.3 is 4.74 Å². The first-order valence-electron chi connectivity index (χ1n) is 5.41. The van der Waals surface area contributed by atoms with Gasteiger partial charge in [-0.2, -0.15) is 0 Å². The zero-order chi connectivity index (χ0) is 14.0. The minimum absolute atomic E-state index is 0.191. The second kappa shape index (κ2) is 5.14. The van der Waals surface area contributed by atoms with Crippen LogP contribution >= 0.6 is 0 Å². The maximum Gasteiger partial charge on any atom is 0.346 e. The Morgan fingerprint density at radius 3 is 2.32 bits per heavy atom. The number of rotatable bonds is 2. The van der Waals surface area contributed by atoms with Gasteiger partial charge in [0.1, 0.15) is 11.6 Å². The minimum atomic E-state index is -1.14. The van der Waals surface area contributed by atoms with E-state index >= 15 is 0 Å². The van der Waals surface area contributed by atoms with Gasteiger partial charge in [0.15, 0.2) is 11.6 Å². The molecular weight excluding hydrogens is 257 g/mol. The zero-order valence-corrected chi connectivity index (χ0v) is 9.91.